The number of carbonyl (C=O) groups is 1. The average molecular weight is 354 g/mol. The van der Waals surface area contributed by atoms with Gasteiger partial charge in [0.2, 0.25) is 4.77 Å². The predicted molar refractivity (Wildman–Crippen MR) is 95.7 cm³/mol. The van der Waals surface area contributed by atoms with Gasteiger partial charge in [-0.15, -0.1) is 0 Å². The van der Waals surface area contributed by atoms with Gasteiger partial charge in [-0.25, -0.2) is 4.68 Å². The Hall–Kier alpha value is -2.58. The summed E-state index contributed by atoms with van der Waals surface area (Å²) in [4.78, 5) is 20.6. The molecule has 3 aromatic heterocycles. The minimum atomic E-state index is 0.0615. The number of fused-ring (bicyclic) bond motifs is 1. The summed E-state index contributed by atoms with van der Waals surface area (Å²) >= 11 is 5.49. The average Bonchev–Trinajstić information content (AvgIpc) is 2.98. The van der Waals surface area contributed by atoms with E-state index in [0.717, 1.165) is 18.7 Å². The number of hydrogen-bond donors (Lipinski definition) is 0. The van der Waals surface area contributed by atoms with Crippen LogP contribution in [0.4, 0.5) is 0 Å². The Balaban J connectivity index is 1.41. The van der Waals surface area contributed by atoms with E-state index in [1.165, 1.54) is 0 Å². The molecule has 0 aromatic carbocycles. The lowest BCUT2D eigenvalue weighted by Gasteiger charge is -2.34. The monoisotopic (exact) mass is 354 g/mol. The van der Waals surface area contributed by atoms with Crippen LogP contribution in [0.25, 0.3) is 5.65 Å². The first kappa shape index (κ1) is 15.9. The molecule has 0 spiro atoms. The van der Waals surface area contributed by atoms with Crippen LogP contribution in [0.5, 0.6) is 0 Å². The van der Waals surface area contributed by atoms with Crippen LogP contribution in [0.15, 0.2) is 48.9 Å². The number of aromatic nitrogens is 4. The van der Waals surface area contributed by atoms with Crippen molar-refractivity contribution >= 4 is 23.8 Å². The highest BCUT2D eigenvalue weighted by molar-refractivity contribution is 7.71. The molecule has 0 radical (unpaired) electrons. The van der Waals surface area contributed by atoms with E-state index >= 15 is 0 Å². The van der Waals surface area contributed by atoms with Crippen molar-refractivity contribution in [3.05, 3.63) is 59.3 Å². The summed E-state index contributed by atoms with van der Waals surface area (Å²) in [5.41, 5.74) is 1.53. The summed E-state index contributed by atoms with van der Waals surface area (Å²) < 4.78 is 4.43. The molecule has 4 rings (SSSR count). The standard InChI is InChI=1S/C17H18N6OS/c24-16(14-4-6-18-7-5-14)21-11-9-20(10-12-21)13-23-17(25)22-8-2-1-3-15(22)19-23/h1-8H,9-13H2. The fourth-order valence-corrected chi connectivity index (χ4v) is 3.27. The van der Waals surface area contributed by atoms with Gasteiger partial charge in [0.05, 0.1) is 6.67 Å². The molecule has 1 amide bonds. The Bertz CT molecular complexity index is 942. The summed E-state index contributed by atoms with van der Waals surface area (Å²) in [5, 5.41) is 4.55. The molecule has 0 bridgehead atoms. The van der Waals surface area contributed by atoms with Crippen molar-refractivity contribution in [1.82, 2.24) is 29.0 Å². The fourth-order valence-electron chi connectivity index (χ4n) is 3.02. The highest BCUT2D eigenvalue weighted by atomic mass is 32.1. The quantitative estimate of drug-likeness (QED) is 0.670. The number of carbonyl (C=O) groups excluding carboxylic acids is 1. The fraction of sp³-hybridized carbons (Fsp3) is 0.294. The smallest absolute Gasteiger partial charge is 0.254 e. The Kier molecular flexibility index (Phi) is 4.29. The Labute approximate surface area is 150 Å². The van der Waals surface area contributed by atoms with Crippen molar-refractivity contribution in [3.63, 3.8) is 0 Å². The second-order valence-electron chi connectivity index (χ2n) is 6.00. The molecule has 0 saturated carbocycles. The second-order valence-corrected chi connectivity index (χ2v) is 6.36. The maximum atomic E-state index is 12.5. The molecule has 1 aliphatic heterocycles. The topological polar surface area (TPSA) is 58.7 Å². The molecule has 0 atom stereocenters. The normalized spacial score (nSPS) is 15.6. The largest absolute Gasteiger partial charge is 0.336 e. The number of hydrogen-bond acceptors (Lipinski definition) is 5. The van der Waals surface area contributed by atoms with Gasteiger partial charge in [0, 0.05) is 50.3 Å². The van der Waals surface area contributed by atoms with E-state index < -0.39 is 0 Å². The summed E-state index contributed by atoms with van der Waals surface area (Å²) in [5.74, 6) is 0.0615. The lowest BCUT2D eigenvalue weighted by Crippen LogP contribution is -2.49. The molecule has 1 fully saturated rings. The maximum absolute atomic E-state index is 12.5. The first-order valence-corrected chi connectivity index (χ1v) is 8.59. The number of nitrogens with zero attached hydrogens (tertiary/aromatic N) is 6. The molecule has 1 aliphatic rings. The van der Waals surface area contributed by atoms with E-state index in [-0.39, 0.29) is 5.91 Å². The Morgan fingerprint density at radius 1 is 1.08 bits per heavy atom. The molecule has 0 aliphatic carbocycles. The van der Waals surface area contributed by atoms with Crippen LogP contribution < -0.4 is 0 Å². The molecule has 128 valence electrons. The van der Waals surface area contributed by atoms with Gasteiger partial charge in [-0.3, -0.25) is 19.1 Å². The minimum Gasteiger partial charge on any atom is -0.336 e. The van der Waals surface area contributed by atoms with Crippen LogP contribution in [-0.2, 0) is 6.67 Å². The van der Waals surface area contributed by atoms with E-state index in [2.05, 4.69) is 15.0 Å². The molecule has 8 heteroatoms. The van der Waals surface area contributed by atoms with Crippen LogP contribution in [0.1, 0.15) is 10.4 Å². The molecule has 0 N–H and O–H groups in total. The van der Waals surface area contributed by atoms with Gasteiger partial charge in [0.1, 0.15) is 0 Å². The first-order valence-electron chi connectivity index (χ1n) is 8.18. The van der Waals surface area contributed by atoms with E-state index in [9.17, 15) is 4.79 Å². The highest BCUT2D eigenvalue weighted by Gasteiger charge is 2.22. The van der Waals surface area contributed by atoms with E-state index in [0.29, 0.717) is 30.1 Å². The molecular weight excluding hydrogens is 336 g/mol. The molecule has 25 heavy (non-hydrogen) atoms. The van der Waals surface area contributed by atoms with Gasteiger partial charge in [-0.1, -0.05) is 6.07 Å². The zero-order valence-corrected chi connectivity index (χ0v) is 14.5. The van der Waals surface area contributed by atoms with E-state index in [1.807, 2.05) is 38.4 Å². The van der Waals surface area contributed by atoms with Crippen LogP contribution in [-0.4, -0.2) is 61.1 Å². The summed E-state index contributed by atoms with van der Waals surface area (Å²) in [6.07, 6.45) is 5.22. The van der Waals surface area contributed by atoms with E-state index in [4.69, 9.17) is 12.2 Å². The van der Waals surface area contributed by atoms with Crippen LogP contribution in [0.2, 0.25) is 0 Å². The summed E-state index contributed by atoms with van der Waals surface area (Å²) in [7, 11) is 0. The van der Waals surface area contributed by atoms with Gasteiger partial charge >= 0.3 is 0 Å². The van der Waals surface area contributed by atoms with Gasteiger partial charge in [-0.2, -0.15) is 5.10 Å². The lowest BCUT2D eigenvalue weighted by molar-refractivity contribution is 0.0585. The number of amides is 1. The summed E-state index contributed by atoms with van der Waals surface area (Å²) in [6, 6.07) is 9.34. The zero-order valence-electron chi connectivity index (χ0n) is 13.7. The molecule has 1 saturated heterocycles. The first-order chi connectivity index (χ1) is 12.2. The van der Waals surface area contributed by atoms with E-state index in [1.54, 1.807) is 24.5 Å². The SMILES string of the molecule is O=C(c1ccncc1)N1CCN(Cn2nc3ccccn3c2=S)CC1. The Morgan fingerprint density at radius 3 is 2.56 bits per heavy atom. The predicted octanol–water partition coefficient (Wildman–Crippen LogP) is 1.68. The molecule has 3 aromatic rings. The van der Waals surface area contributed by atoms with Crippen molar-refractivity contribution in [2.24, 2.45) is 0 Å². The molecule has 4 heterocycles. The van der Waals surface area contributed by atoms with Gasteiger partial charge in [0.25, 0.3) is 5.91 Å². The van der Waals surface area contributed by atoms with Crippen molar-refractivity contribution in [3.8, 4) is 0 Å². The van der Waals surface area contributed by atoms with Gasteiger partial charge in [-0.05, 0) is 36.5 Å². The van der Waals surface area contributed by atoms with Crippen molar-refractivity contribution in [2.45, 2.75) is 6.67 Å². The maximum Gasteiger partial charge on any atom is 0.254 e. The zero-order chi connectivity index (χ0) is 17.2. The van der Waals surface area contributed by atoms with Gasteiger partial charge < -0.3 is 4.90 Å². The highest BCUT2D eigenvalue weighted by Crippen LogP contribution is 2.10. The van der Waals surface area contributed by atoms with Crippen molar-refractivity contribution < 1.29 is 4.79 Å². The molecule has 7 nitrogen and oxygen atoms in total. The van der Waals surface area contributed by atoms with Crippen molar-refractivity contribution in [2.75, 3.05) is 26.2 Å². The third kappa shape index (κ3) is 3.18. The number of piperazine rings is 1. The van der Waals surface area contributed by atoms with Crippen LogP contribution in [0.3, 0.4) is 0 Å². The lowest BCUT2D eigenvalue weighted by atomic mass is 10.2. The minimum absolute atomic E-state index is 0.0615. The second kappa shape index (κ2) is 6.73. The number of pyridine rings is 2. The number of rotatable bonds is 3. The van der Waals surface area contributed by atoms with Gasteiger partial charge in [0.15, 0.2) is 5.65 Å². The molecular formula is C17H18N6OS. The molecule has 0 unspecified atom stereocenters. The van der Waals surface area contributed by atoms with Crippen molar-refractivity contribution in [1.29, 1.82) is 0 Å². The van der Waals surface area contributed by atoms with Crippen LogP contribution in [0, 0.1) is 4.77 Å². The Morgan fingerprint density at radius 2 is 1.84 bits per heavy atom. The summed E-state index contributed by atoms with van der Waals surface area (Å²) in [6.45, 7) is 3.63. The van der Waals surface area contributed by atoms with Crippen LogP contribution >= 0.6 is 12.2 Å². The third-order valence-electron chi connectivity index (χ3n) is 4.41. The third-order valence-corrected chi connectivity index (χ3v) is 4.82.